The summed E-state index contributed by atoms with van der Waals surface area (Å²) in [5.74, 6) is 0.992. The molecule has 32 heavy (non-hydrogen) atoms. The zero-order chi connectivity index (χ0) is 22.5. The Labute approximate surface area is 186 Å². The van der Waals surface area contributed by atoms with Crippen LogP contribution in [0.15, 0.2) is 42.7 Å². The van der Waals surface area contributed by atoms with Crippen molar-refractivity contribution in [1.29, 1.82) is 0 Å². The van der Waals surface area contributed by atoms with E-state index in [0.29, 0.717) is 54.4 Å². The predicted octanol–water partition coefficient (Wildman–Crippen LogP) is 2.97. The summed E-state index contributed by atoms with van der Waals surface area (Å²) < 4.78 is 5.43. The maximum absolute atomic E-state index is 13.6. The number of pyridine rings is 1. The molecule has 8 nitrogen and oxygen atoms in total. The van der Waals surface area contributed by atoms with Crippen molar-refractivity contribution in [2.75, 3.05) is 37.7 Å². The van der Waals surface area contributed by atoms with Crippen molar-refractivity contribution in [1.82, 2.24) is 15.0 Å². The first-order valence-corrected chi connectivity index (χ1v) is 10.5. The molecule has 0 bridgehead atoms. The largest absolute Gasteiger partial charge is 0.378 e. The number of hydrogen-bond donors (Lipinski definition) is 1. The van der Waals surface area contributed by atoms with E-state index in [9.17, 15) is 4.79 Å². The van der Waals surface area contributed by atoms with E-state index >= 15 is 0 Å². The van der Waals surface area contributed by atoms with E-state index in [1.807, 2.05) is 6.92 Å². The van der Waals surface area contributed by atoms with E-state index in [2.05, 4.69) is 24.7 Å². The molecule has 1 aliphatic rings. The molecular formula is C24H24N6O2. The number of nitrogens with two attached hydrogens (primary N) is 1. The molecule has 2 aromatic heterocycles. The van der Waals surface area contributed by atoms with Gasteiger partial charge in [-0.15, -0.1) is 0 Å². The Morgan fingerprint density at radius 1 is 1.19 bits per heavy atom. The van der Waals surface area contributed by atoms with E-state index in [1.54, 1.807) is 42.7 Å². The second-order valence-electron chi connectivity index (χ2n) is 7.58. The van der Waals surface area contributed by atoms with E-state index in [4.69, 9.17) is 17.0 Å². The highest BCUT2D eigenvalue weighted by Crippen LogP contribution is 2.29. The first kappa shape index (κ1) is 21.6. The summed E-state index contributed by atoms with van der Waals surface area (Å²) in [6.45, 7) is 12.5. The van der Waals surface area contributed by atoms with Crippen molar-refractivity contribution in [2.24, 2.45) is 5.73 Å². The van der Waals surface area contributed by atoms with Crippen LogP contribution in [0, 0.1) is 13.5 Å². The fourth-order valence-corrected chi connectivity index (χ4v) is 3.67. The zero-order valence-corrected chi connectivity index (χ0v) is 17.9. The minimum Gasteiger partial charge on any atom is -0.378 e. The van der Waals surface area contributed by atoms with Crippen LogP contribution in [0.25, 0.3) is 16.2 Å². The molecule has 162 valence electrons. The SMILES string of the molecule is [C-]#[N+]c1ccc(-c2ncc(CCN)cn2)c(C(=O)c2cc(C)nc(N3CCOCC3)c2)c1. The molecule has 0 amide bonds. The van der Waals surface area contributed by atoms with Gasteiger partial charge in [0, 0.05) is 47.9 Å². The van der Waals surface area contributed by atoms with Crippen molar-refractivity contribution in [3.05, 3.63) is 76.5 Å². The molecule has 2 N–H and O–H groups in total. The van der Waals surface area contributed by atoms with Gasteiger partial charge in [-0.2, -0.15) is 0 Å². The number of aryl methyl sites for hydroxylation is 1. The van der Waals surface area contributed by atoms with E-state index < -0.39 is 0 Å². The van der Waals surface area contributed by atoms with Gasteiger partial charge < -0.3 is 15.4 Å². The topological polar surface area (TPSA) is 98.6 Å². The van der Waals surface area contributed by atoms with Crippen molar-refractivity contribution in [2.45, 2.75) is 13.3 Å². The third-order valence-corrected chi connectivity index (χ3v) is 5.29. The third-order valence-electron chi connectivity index (χ3n) is 5.29. The van der Waals surface area contributed by atoms with Crippen LogP contribution in [0.5, 0.6) is 0 Å². The number of ketones is 1. The van der Waals surface area contributed by atoms with Gasteiger partial charge in [-0.1, -0.05) is 12.1 Å². The van der Waals surface area contributed by atoms with E-state index in [0.717, 1.165) is 30.2 Å². The second-order valence-corrected chi connectivity index (χ2v) is 7.58. The summed E-state index contributed by atoms with van der Waals surface area (Å²) in [5.41, 5.74) is 9.17. The van der Waals surface area contributed by atoms with Crippen LogP contribution in [0.3, 0.4) is 0 Å². The molecule has 0 saturated carbocycles. The zero-order valence-electron chi connectivity index (χ0n) is 17.9. The number of rotatable bonds is 6. The minimum atomic E-state index is -0.194. The average Bonchev–Trinajstić information content (AvgIpc) is 2.84. The van der Waals surface area contributed by atoms with Gasteiger partial charge in [0.15, 0.2) is 17.3 Å². The maximum atomic E-state index is 13.6. The normalized spacial score (nSPS) is 13.6. The monoisotopic (exact) mass is 428 g/mol. The molecule has 1 saturated heterocycles. The number of carbonyl (C=O) groups is 1. The molecular weight excluding hydrogens is 404 g/mol. The molecule has 3 heterocycles. The van der Waals surface area contributed by atoms with Gasteiger partial charge in [-0.25, -0.2) is 19.8 Å². The van der Waals surface area contributed by atoms with E-state index in [-0.39, 0.29) is 5.78 Å². The molecule has 0 unspecified atom stereocenters. The molecule has 0 atom stereocenters. The number of anilines is 1. The Balaban J connectivity index is 1.75. The van der Waals surface area contributed by atoms with Crippen LogP contribution in [0.4, 0.5) is 11.5 Å². The Bertz CT molecular complexity index is 1160. The fraction of sp³-hybridized carbons (Fsp3) is 0.292. The molecule has 8 heteroatoms. The standard InChI is InChI=1S/C24H24N6O2/c1-16-11-18(12-22(29-16)30-7-9-32-10-8-30)23(31)21-13-19(26-2)3-4-20(21)24-27-14-17(5-6-25)15-28-24/h3-4,11-15H,5-10,25H2,1H3. The van der Waals surface area contributed by atoms with Crippen LogP contribution in [0.2, 0.25) is 0 Å². The van der Waals surface area contributed by atoms with Crippen molar-refractivity contribution in [3.63, 3.8) is 0 Å². The molecule has 1 fully saturated rings. The number of hydrogen-bond acceptors (Lipinski definition) is 7. The molecule has 0 spiro atoms. The van der Waals surface area contributed by atoms with Gasteiger partial charge in [0.1, 0.15) is 5.82 Å². The Morgan fingerprint density at radius 2 is 1.94 bits per heavy atom. The third kappa shape index (κ3) is 4.64. The summed E-state index contributed by atoms with van der Waals surface area (Å²) in [5, 5.41) is 0. The highest BCUT2D eigenvalue weighted by atomic mass is 16.5. The Hall–Kier alpha value is -3.67. The van der Waals surface area contributed by atoms with Crippen LogP contribution in [-0.4, -0.2) is 53.6 Å². The number of aromatic nitrogens is 3. The number of morpholine rings is 1. The van der Waals surface area contributed by atoms with Crippen molar-refractivity contribution in [3.8, 4) is 11.4 Å². The molecule has 0 radical (unpaired) electrons. The van der Waals surface area contributed by atoms with Crippen LogP contribution in [-0.2, 0) is 11.2 Å². The summed E-state index contributed by atoms with van der Waals surface area (Å²) in [7, 11) is 0. The number of ether oxygens (including phenoxy) is 1. The van der Waals surface area contributed by atoms with Gasteiger partial charge in [0.25, 0.3) is 0 Å². The van der Waals surface area contributed by atoms with Crippen LogP contribution >= 0.6 is 0 Å². The van der Waals surface area contributed by atoms with Gasteiger partial charge in [-0.05, 0) is 43.7 Å². The first-order valence-electron chi connectivity index (χ1n) is 10.5. The highest BCUT2D eigenvalue weighted by molar-refractivity contribution is 6.13. The number of nitrogens with zero attached hydrogens (tertiary/aromatic N) is 5. The molecule has 1 aliphatic heterocycles. The Kier molecular flexibility index (Phi) is 6.50. The summed E-state index contributed by atoms with van der Waals surface area (Å²) in [6, 6.07) is 8.58. The number of benzene rings is 1. The molecule has 0 aliphatic carbocycles. The quantitative estimate of drug-likeness (QED) is 0.476. The van der Waals surface area contributed by atoms with Gasteiger partial charge in [0.2, 0.25) is 0 Å². The second kappa shape index (κ2) is 9.64. The lowest BCUT2D eigenvalue weighted by Gasteiger charge is -2.28. The Morgan fingerprint density at radius 3 is 2.62 bits per heavy atom. The highest BCUT2D eigenvalue weighted by Gasteiger charge is 2.20. The summed E-state index contributed by atoms with van der Waals surface area (Å²) in [4.78, 5) is 32.7. The van der Waals surface area contributed by atoms with Crippen molar-refractivity contribution >= 4 is 17.3 Å². The lowest BCUT2D eigenvalue weighted by molar-refractivity contribution is 0.103. The fourth-order valence-electron chi connectivity index (χ4n) is 3.67. The lowest BCUT2D eigenvalue weighted by atomic mass is 9.97. The number of carbonyl (C=O) groups excluding carboxylic acids is 1. The summed E-state index contributed by atoms with van der Waals surface area (Å²) >= 11 is 0. The summed E-state index contributed by atoms with van der Waals surface area (Å²) in [6.07, 6.45) is 4.13. The smallest absolute Gasteiger partial charge is 0.192 e. The molecule has 1 aromatic carbocycles. The van der Waals surface area contributed by atoms with E-state index in [1.165, 1.54) is 0 Å². The van der Waals surface area contributed by atoms with Gasteiger partial charge in [-0.3, -0.25) is 4.79 Å². The molecule has 4 rings (SSSR count). The molecule has 3 aromatic rings. The van der Waals surface area contributed by atoms with Crippen molar-refractivity contribution < 1.29 is 9.53 Å². The maximum Gasteiger partial charge on any atom is 0.192 e. The minimum absolute atomic E-state index is 0.194. The van der Waals surface area contributed by atoms with Gasteiger partial charge >= 0.3 is 0 Å². The van der Waals surface area contributed by atoms with Gasteiger partial charge in [0.05, 0.1) is 19.8 Å². The first-order chi connectivity index (χ1) is 15.6. The average molecular weight is 428 g/mol. The van der Waals surface area contributed by atoms with Crippen LogP contribution in [0.1, 0.15) is 27.2 Å². The van der Waals surface area contributed by atoms with Crippen LogP contribution < -0.4 is 10.6 Å². The predicted molar refractivity (Wildman–Crippen MR) is 122 cm³/mol. The lowest BCUT2D eigenvalue weighted by Crippen LogP contribution is -2.37.